The molecule has 4 heteroatoms. The minimum absolute atomic E-state index is 0.00453. The van der Waals surface area contributed by atoms with E-state index in [1.165, 1.54) is 0 Å². The molecule has 3 N–H and O–H groups in total. The zero-order chi connectivity index (χ0) is 12.8. The van der Waals surface area contributed by atoms with Gasteiger partial charge in [0.2, 0.25) is 5.91 Å². The van der Waals surface area contributed by atoms with Crippen LogP contribution in [0.5, 0.6) is 0 Å². The van der Waals surface area contributed by atoms with Crippen LogP contribution in [0.15, 0.2) is 0 Å². The minimum atomic E-state index is -0.186. The lowest BCUT2D eigenvalue weighted by atomic mass is 9.73. The molecule has 0 aromatic rings. The van der Waals surface area contributed by atoms with E-state index in [0.717, 1.165) is 19.3 Å². The Morgan fingerprint density at radius 3 is 2.41 bits per heavy atom. The molecule has 0 heterocycles. The lowest BCUT2D eigenvalue weighted by molar-refractivity contribution is -0.121. The Morgan fingerprint density at radius 2 is 1.88 bits per heavy atom. The average molecular weight is 243 g/mol. The molecular formula is C13H25NO3. The van der Waals surface area contributed by atoms with E-state index >= 15 is 0 Å². The number of carbonyl (C=O) groups is 1. The maximum absolute atomic E-state index is 11.4. The van der Waals surface area contributed by atoms with Gasteiger partial charge < -0.3 is 15.5 Å². The van der Waals surface area contributed by atoms with Crippen LogP contribution in [-0.2, 0) is 4.79 Å². The summed E-state index contributed by atoms with van der Waals surface area (Å²) in [5, 5.41) is 21.1. The first-order chi connectivity index (χ1) is 8.04. The number of aliphatic hydroxyl groups excluding tert-OH is 2. The Labute approximate surface area is 103 Å². The van der Waals surface area contributed by atoms with Gasteiger partial charge in [-0.25, -0.2) is 0 Å². The monoisotopic (exact) mass is 243 g/mol. The van der Waals surface area contributed by atoms with Crippen LogP contribution in [0.2, 0.25) is 0 Å². The van der Waals surface area contributed by atoms with E-state index < -0.39 is 0 Å². The second kappa shape index (κ2) is 6.97. The highest BCUT2D eigenvalue weighted by Crippen LogP contribution is 2.35. The van der Waals surface area contributed by atoms with Crippen LogP contribution in [0, 0.1) is 17.8 Å². The highest BCUT2D eigenvalue weighted by Gasteiger charge is 2.31. The Morgan fingerprint density at radius 1 is 1.29 bits per heavy atom. The van der Waals surface area contributed by atoms with Crippen molar-refractivity contribution >= 4 is 5.91 Å². The van der Waals surface area contributed by atoms with E-state index in [0.29, 0.717) is 30.7 Å². The molecule has 0 spiro atoms. The molecule has 0 radical (unpaired) electrons. The zero-order valence-electron chi connectivity index (χ0n) is 10.9. The molecule has 1 aliphatic carbocycles. The first-order valence-corrected chi connectivity index (χ1v) is 6.60. The van der Waals surface area contributed by atoms with Gasteiger partial charge in [-0.15, -0.1) is 0 Å². The highest BCUT2D eigenvalue weighted by molar-refractivity contribution is 5.75. The lowest BCUT2D eigenvalue weighted by Crippen LogP contribution is -2.35. The molecule has 1 amide bonds. The highest BCUT2D eigenvalue weighted by atomic mass is 16.3. The van der Waals surface area contributed by atoms with Crippen molar-refractivity contribution in [2.75, 3.05) is 13.2 Å². The number of carbonyl (C=O) groups excluding carboxylic acids is 1. The van der Waals surface area contributed by atoms with Crippen LogP contribution in [0.3, 0.4) is 0 Å². The van der Waals surface area contributed by atoms with Gasteiger partial charge in [0.1, 0.15) is 0 Å². The third-order valence-electron chi connectivity index (χ3n) is 3.79. The van der Waals surface area contributed by atoms with Crippen LogP contribution in [0.4, 0.5) is 0 Å². The predicted octanol–water partition coefficient (Wildman–Crippen LogP) is 0.918. The van der Waals surface area contributed by atoms with Gasteiger partial charge in [-0.1, -0.05) is 13.8 Å². The molecule has 1 aliphatic rings. The van der Waals surface area contributed by atoms with Gasteiger partial charge in [-0.05, 0) is 37.0 Å². The van der Waals surface area contributed by atoms with Gasteiger partial charge in [0.05, 0.1) is 12.7 Å². The summed E-state index contributed by atoms with van der Waals surface area (Å²) >= 11 is 0. The zero-order valence-corrected chi connectivity index (χ0v) is 10.9. The quantitative estimate of drug-likeness (QED) is 0.672. The van der Waals surface area contributed by atoms with Gasteiger partial charge in [-0.2, -0.15) is 0 Å². The van der Waals surface area contributed by atoms with Gasteiger partial charge in [-0.3, -0.25) is 4.79 Å². The summed E-state index contributed by atoms with van der Waals surface area (Å²) in [5.41, 5.74) is 0. The molecule has 2 atom stereocenters. The molecule has 2 unspecified atom stereocenters. The molecule has 4 nitrogen and oxygen atoms in total. The minimum Gasteiger partial charge on any atom is -0.395 e. The fourth-order valence-electron chi connectivity index (χ4n) is 2.84. The van der Waals surface area contributed by atoms with E-state index in [-0.39, 0.29) is 18.6 Å². The molecule has 0 bridgehead atoms. The molecule has 17 heavy (non-hydrogen) atoms. The van der Waals surface area contributed by atoms with Crippen molar-refractivity contribution < 1.29 is 15.0 Å². The van der Waals surface area contributed by atoms with Gasteiger partial charge in [0.15, 0.2) is 0 Å². The first kappa shape index (κ1) is 14.5. The summed E-state index contributed by atoms with van der Waals surface area (Å²) in [6.45, 7) is 4.50. The molecule has 1 rings (SSSR count). The Kier molecular flexibility index (Phi) is 5.92. The largest absolute Gasteiger partial charge is 0.395 e. The number of nitrogens with one attached hydrogen (secondary N) is 1. The smallest absolute Gasteiger partial charge is 0.220 e. The lowest BCUT2D eigenvalue weighted by Gasteiger charge is -2.36. The Balaban J connectivity index is 2.26. The van der Waals surface area contributed by atoms with Crippen LogP contribution in [-0.4, -0.2) is 35.4 Å². The molecular weight excluding hydrogens is 218 g/mol. The summed E-state index contributed by atoms with van der Waals surface area (Å²) in [6, 6.07) is 0. The molecule has 0 saturated heterocycles. The summed E-state index contributed by atoms with van der Waals surface area (Å²) in [4.78, 5) is 11.4. The molecule has 0 aromatic carbocycles. The number of aliphatic hydroxyl groups is 2. The van der Waals surface area contributed by atoms with Gasteiger partial charge in [0, 0.05) is 13.0 Å². The Hall–Kier alpha value is -0.610. The van der Waals surface area contributed by atoms with E-state index in [9.17, 15) is 9.90 Å². The van der Waals surface area contributed by atoms with Crippen molar-refractivity contribution in [1.82, 2.24) is 5.32 Å². The van der Waals surface area contributed by atoms with Crippen molar-refractivity contribution in [2.24, 2.45) is 17.8 Å². The van der Waals surface area contributed by atoms with Crippen LogP contribution < -0.4 is 5.32 Å². The Bertz CT molecular complexity index is 233. The third-order valence-corrected chi connectivity index (χ3v) is 3.79. The first-order valence-electron chi connectivity index (χ1n) is 6.60. The predicted molar refractivity (Wildman–Crippen MR) is 66.4 cm³/mol. The second-order valence-corrected chi connectivity index (χ2v) is 5.39. The molecule has 0 aliphatic heterocycles. The van der Waals surface area contributed by atoms with Gasteiger partial charge >= 0.3 is 0 Å². The average Bonchev–Trinajstić information content (AvgIpc) is 2.30. The van der Waals surface area contributed by atoms with E-state index in [2.05, 4.69) is 19.2 Å². The summed E-state index contributed by atoms with van der Waals surface area (Å²) in [6.07, 6.45) is 3.26. The number of hydrogen-bond acceptors (Lipinski definition) is 3. The van der Waals surface area contributed by atoms with E-state index in [4.69, 9.17) is 5.11 Å². The van der Waals surface area contributed by atoms with Crippen LogP contribution in [0.25, 0.3) is 0 Å². The van der Waals surface area contributed by atoms with Crippen LogP contribution in [0.1, 0.15) is 39.5 Å². The SMILES string of the molecule is CC1CC(CCC(=O)NCCO)CC(C)C1O. The maximum atomic E-state index is 11.4. The third kappa shape index (κ3) is 4.64. The van der Waals surface area contributed by atoms with Crippen molar-refractivity contribution in [2.45, 2.75) is 45.6 Å². The molecule has 100 valence electrons. The van der Waals surface area contributed by atoms with Crippen molar-refractivity contribution in [3.8, 4) is 0 Å². The van der Waals surface area contributed by atoms with Crippen molar-refractivity contribution in [3.05, 3.63) is 0 Å². The van der Waals surface area contributed by atoms with E-state index in [1.54, 1.807) is 0 Å². The summed E-state index contributed by atoms with van der Waals surface area (Å²) < 4.78 is 0. The molecule has 1 fully saturated rings. The topological polar surface area (TPSA) is 69.6 Å². The molecule has 1 saturated carbocycles. The van der Waals surface area contributed by atoms with Crippen molar-refractivity contribution in [1.29, 1.82) is 0 Å². The summed E-state index contributed by atoms with van der Waals surface area (Å²) in [5.74, 6) is 1.24. The van der Waals surface area contributed by atoms with E-state index in [1.807, 2.05) is 0 Å². The number of rotatable bonds is 5. The molecule has 0 aromatic heterocycles. The fourth-order valence-corrected chi connectivity index (χ4v) is 2.84. The van der Waals surface area contributed by atoms with Gasteiger partial charge in [0.25, 0.3) is 0 Å². The normalized spacial score (nSPS) is 33.4. The standard InChI is InChI=1S/C13H25NO3/c1-9-7-11(8-10(2)13(9)17)3-4-12(16)14-5-6-15/h9-11,13,15,17H,3-8H2,1-2H3,(H,14,16). The summed E-state index contributed by atoms with van der Waals surface area (Å²) in [7, 11) is 0. The van der Waals surface area contributed by atoms with Crippen LogP contribution >= 0.6 is 0 Å². The fraction of sp³-hybridized carbons (Fsp3) is 0.923. The number of amides is 1. The maximum Gasteiger partial charge on any atom is 0.220 e. The number of hydrogen-bond donors (Lipinski definition) is 3. The van der Waals surface area contributed by atoms with Crippen molar-refractivity contribution in [3.63, 3.8) is 0 Å². The second-order valence-electron chi connectivity index (χ2n) is 5.39.